The zero-order valence-corrected chi connectivity index (χ0v) is 12.4. The van der Waals surface area contributed by atoms with Crippen LogP contribution in [-0.2, 0) is 4.79 Å². The number of fused-ring (bicyclic) bond motifs is 2. The summed E-state index contributed by atoms with van der Waals surface area (Å²) in [6.45, 7) is 0. The number of carboxylic acid groups (broad SMARTS) is 1. The first-order valence-corrected chi connectivity index (χ1v) is 7.71. The number of nitrogens with zero attached hydrogens (tertiary/aromatic N) is 2. The fourth-order valence-corrected chi connectivity index (χ4v) is 3.94. The molecule has 1 saturated carbocycles. The van der Waals surface area contributed by atoms with Crippen molar-refractivity contribution in [1.29, 1.82) is 0 Å². The van der Waals surface area contributed by atoms with Crippen molar-refractivity contribution < 1.29 is 14.7 Å². The maximum Gasteiger partial charge on any atom is 0.307 e. The Bertz CT molecular complexity index is 794. The van der Waals surface area contributed by atoms with E-state index in [1.165, 1.54) is 4.57 Å². The maximum atomic E-state index is 13.0. The number of aromatic nitrogens is 2. The molecule has 5 nitrogen and oxygen atoms in total. The van der Waals surface area contributed by atoms with Crippen LogP contribution in [0.2, 0.25) is 0 Å². The number of hydrogen-bond acceptors (Lipinski definition) is 3. The summed E-state index contributed by atoms with van der Waals surface area (Å²) < 4.78 is 1.50. The van der Waals surface area contributed by atoms with Gasteiger partial charge in [-0.2, -0.15) is 0 Å². The number of imidazole rings is 1. The Morgan fingerprint density at radius 2 is 1.78 bits per heavy atom. The van der Waals surface area contributed by atoms with Crippen molar-refractivity contribution in [3.63, 3.8) is 0 Å². The van der Waals surface area contributed by atoms with Crippen molar-refractivity contribution in [2.45, 2.75) is 6.42 Å². The van der Waals surface area contributed by atoms with Crippen LogP contribution in [-0.4, -0.2) is 26.5 Å². The summed E-state index contributed by atoms with van der Waals surface area (Å²) in [6, 6.07) is 9.46. The molecule has 5 heteroatoms. The van der Waals surface area contributed by atoms with Gasteiger partial charge in [0, 0.05) is 18.0 Å². The highest BCUT2D eigenvalue weighted by Gasteiger charge is 2.52. The minimum absolute atomic E-state index is 0.0135. The molecule has 2 aliphatic rings. The highest BCUT2D eigenvalue weighted by molar-refractivity contribution is 5.90. The molecule has 1 heterocycles. The summed E-state index contributed by atoms with van der Waals surface area (Å²) >= 11 is 0. The van der Waals surface area contributed by atoms with E-state index in [9.17, 15) is 14.7 Å². The minimum atomic E-state index is -0.887. The largest absolute Gasteiger partial charge is 0.481 e. The molecular weight excluding hydrogens is 292 g/mol. The van der Waals surface area contributed by atoms with E-state index in [4.69, 9.17) is 0 Å². The maximum absolute atomic E-state index is 13.0. The molecule has 1 fully saturated rings. The second-order valence-electron chi connectivity index (χ2n) is 6.16. The molecule has 1 N–H and O–H groups in total. The van der Waals surface area contributed by atoms with Gasteiger partial charge in [-0.15, -0.1) is 0 Å². The predicted octanol–water partition coefficient (Wildman–Crippen LogP) is 2.71. The zero-order chi connectivity index (χ0) is 16.0. The van der Waals surface area contributed by atoms with E-state index >= 15 is 0 Å². The monoisotopic (exact) mass is 308 g/mol. The normalized spacial score (nSPS) is 28.2. The lowest BCUT2D eigenvalue weighted by atomic mass is 9.82. The quantitative estimate of drug-likeness (QED) is 0.885. The smallest absolute Gasteiger partial charge is 0.307 e. The van der Waals surface area contributed by atoms with Crippen molar-refractivity contribution in [3.05, 3.63) is 54.9 Å². The molecule has 0 aliphatic heterocycles. The molecule has 4 atom stereocenters. The second kappa shape index (κ2) is 5.19. The first-order valence-electron chi connectivity index (χ1n) is 7.71. The van der Waals surface area contributed by atoms with Crippen LogP contribution in [0.3, 0.4) is 0 Å². The third-order valence-corrected chi connectivity index (χ3v) is 4.94. The molecule has 23 heavy (non-hydrogen) atoms. The molecule has 0 amide bonds. The predicted molar refractivity (Wildman–Crippen MR) is 83.6 cm³/mol. The Labute approximate surface area is 133 Å². The lowest BCUT2D eigenvalue weighted by Gasteiger charge is -2.24. The molecular formula is C18H16N2O3. The summed E-state index contributed by atoms with van der Waals surface area (Å²) in [5.74, 6) is -1.67. The summed E-state index contributed by atoms with van der Waals surface area (Å²) in [5, 5.41) is 9.53. The minimum Gasteiger partial charge on any atom is -0.481 e. The number of allylic oxidation sites excluding steroid dienone is 2. The van der Waals surface area contributed by atoms with Gasteiger partial charge in [0.05, 0.1) is 11.8 Å². The van der Waals surface area contributed by atoms with Gasteiger partial charge < -0.3 is 5.11 Å². The van der Waals surface area contributed by atoms with E-state index in [1.807, 2.05) is 42.5 Å². The van der Waals surface area contributed by atoms with Crippen molar-refractivity contribution in [2.24, 2.45) is 23.7 Å². The molecule has 4 unspecified atom stereocenters. The van der Waals surface area contributed by atoms with E-state index in [0.717, 1.165) is 12.0 Å². The van der Waals surface area contributed by atoms with E-state index in [0.29, 0.717) is 5.82 Å². The summed E-state index contributed by atoms with van der Waals surface area (Å²) in [7, 11) is 0. The molecule has 2 aromatic rings. The third-order valence-electron chi connectivity index (χ3n) is 4.94. The summed E-state index contributed by atoms with van der Waals surface area (Å²) in [4.78, 5) is 28.9. The van der Waals surface area contributed by atoms with Gasteiger partial charge in [-0.25, -0.2) is 4.98 Å². The molecule has 2 aliphatic carbocycles. The average molecular weight is 308 g/mol. The van der Waals surface area contributed by atoms with Crippen LogP contribution in [0.1, 0.15) is 11.2 Å². The Hall–Kier alpha value is -2.69. The fraction of sp³-hybridized carbons (Fsp3) is 0.278. The highest BCUT2D eigenvalue weighted by atomic mass is 16.4. The van der Waals surface area contributed by atoms with Crippen LogP contribution in [0.25, 0.3) is 11.4 Å². The second-order valence-corrected chi connectivity index (χ2v) is 6.16. The number of carboxylic acids is 1. The summed E-state index contributed by atoms with van der Waals surface area (Å²) in [6.07, 6.45) is 7.89. The third kappa shape index (κ3) is 2.11. The Morgan fingerprint density at radius 3 is 2.48 bits per heavy atom. The van der Waals surface area contributed by atoms with Crippen LogP contribution in [0.5, 0.6) is 0 Å². The first-order chi connectivity index (χ1) is 11.2. The van der Waals surface area contributed by atoms with Gasteiger partial charge in [-0.3, -0.25) is 14.2 Å². The fourth-order valence-electron chi connectivity index (χ4n) is 3.94. The topological polar surface area (TPSA) is 72.2 Å². The van der Waals surface area contributed by atoms with Gasteiger partial charge >= 0.3 is 5.97 Å². The number of benzene rings is 1. The Kier molecular flexibility index (Phi) is 3.15. The van der Waals surface area contributed by atoms with Gasteiger partial charge in [0.2, 0.25) is 5.91 Å². The van der Waals surface area contributed by atoms with Gasteiger partial charge in [0.1, 0.15) is 5.82 Å². The molecule has 1 aromatic carbocycles. The van der Waals surface area contributed by atoms with Crippen LogP contribution in [0.4, 0.5) is 0 Å². The zero-order valence-electron chi connectivity index (χ0n) is 12.4. The molecule has 0 spiro atoms. The average Bonchev–Trinajstić information content (AvgIpc) is 3.29. The lowest BCUT2D eigenvalue weighted by molar-refractivity contribution is -0.143. The van der Waals surface area contributed by atoms with Crippen LogP contribution in [0, 0.1) is 23.7 Å². The first kappa shape index (κ1) is 13.9. The standard InChI is InChI=1S/C18H16N2O3/c21-17(14-12-6-7-13(10-12)15(14)18(22)23)20-9-8-19-16(20)11-4-2-1-3-5-11/h1-9,12-15H,10H2,(H,22,23). The van der Waals surface area contributed by atoms with Gasteiger partial charge in [-0.1, -0.05) is 42.5 Å². The van der Waals surface area contributed by atoms with Gasteiger partial charge in [-0.05, 0) is 18.3 Å². The van der Waals surface area contributed by atoms with Gasteiger partial charge in [0.25, 0.3) is 0 Å². The Balaban J connectivity index is 1.72. The van der Waals surface area contributed by atoms with Crippen molar-refractivity contribution in [3.8, 4) is 11.4 Å². The van der Waals surface area contributed by atoms with E-state index in [-0.39, 0.29) is 17.7 Å². The van der Waals surface area contributed by atoms with Crippen molar-refractivity contribution in [1.82, 2.24) is 9.55 Å². The van der Waals surface area contributed by atoms with Crippen molar-refractivity contribution in [2.75, 3.05) is 0 Å². The van der Waals surface area contributed by atoms with Crippen LogP contribution < -0.4 is 0 Å². The van der Waals surface area contributed by atoms with Gasteiger partial charge in [0.15, 0.2) is 0 Å². The molecule has 2 bridgehead atoms. The van der Waals surface area contributed by atoms with Crippen LogP contribution >= 0.6 is 0 Å². The molecule has 0 saturated heterocycles. The van der Waals surface area contributed by atoms with Crippen LogP contribution in [0.15, 0.2) is 54.9 Å². The number of aliphatic carboxylic acids is 1. The Morgan fingerprint density at radius 1 is 1.09 bits per heavy atom. The highest BCUT2D eigenvalue weighted by Crippen LogP contribution is 2.48. The van der Waals surface area contributed by atoms with Crippen molar-refractivity contribution >= 4 is 11.9 Å². The molecule has 116 valence electrons. The number of carbonyl (C=O) groups is 2. The number of hydrogen-bond donors (Lipinski definition) is 1. The van der Waals surface area contributed by atoms with E-state index in [1.54, 1.807) is 12.4 Å². The molecule has 0 radical (unpaired) electrons. The summed E-state index contributed by atoms with van der Waals surface area (Å²) in [5.41, 5.74) is 0.844. The SMILES string of the molecule is O=C(O)C1C2C=CC(C2)C1C(=O)n1ccnc1-c1ccccc1. The number of rotatable bonds is 3. The molecule has 1 aromatic heterocycles. The van der Waals surface area contributed by atoms with E-state index in [2.05, 4.69) is 4.98 Å². The lowest BCUT2D eigenvalue weighted by Crippen LogP contribution is -2.35. The molecule has 4 rings (SSSR count). The number of carbonyl (C=O) groups excluding carboxylic acids is 1. The van der Waals surface area contributed by atoms with E-state index < -0.39 is 17.8 Å².